The van der Waals surface area contributed by atoms with Gasteiger partial charge in [-0.15, -0.1) is 0 Å². The van der Waals surface area contributed by atoms with Gasteiger partial charge >= 0.3 is 5.97 Å². The first-order chi connectivity index (χ1) is 9.08. The van der Waals surface area contributed by atoms with Crippen LogP contribution >= 0.6 is 0 Å². The number of nitrogens with zero attached hydrogens (tertiary/aromatic N) is 1. The van der Waals surface area contributed by atoms with Crippen molar-refractivity contribution in [2.45, 2.75) is 18.9 Å². The molecule has 0 amide bonds. The average Bonchev–Trinajstić information content (AvgIpc) is 2.39. The molecule has 1 aromatic carbocycles. The predicted molar refractivity (Wildman–Crippen MR) is 69.6 cm³/mol. The van der Waals surface area contributed by atoms with Crippen LogP contribution < -0.4 is 10.6 Å². The number of rotatable bonds is 4. The maximum Gasteiger partial charge on any atom is 0.338 e. The first kappa shape index (κ1) is 13.3. The maximum atomic E-state index is 11.2. The fourth-order valence-corrected chi connectivity index (χ4v) is 2.13. The van der Waals surface area contributed by atoms with Crippen molar-refractivity contribution < 1.29 is 14.8 Å². The van der Waals surface area contributed by atoms with Crippen molar-refractivity contribution in [3.63, 3.8) is 0 Å². The Kier molecular flexibility index (Phi) is 3.96. The Morgan fingerprint density at radius 1 is 1.42 bits per heavy atom. The average molecular weight is 265 g/mol. The summed E-state index contributed by atoms with van der Waals surface area (Å²) in [7, 11) is 0. The van der Waals surface area contributed by atoms with Crippen LogP contribution in [0.15, 0.2) is 18.2 Å². The zero-order valence-electron chi connectivity index (χ0n) is 10.3. The van der Waals surface area contributed by atoms with E-state index in [0.717, 1.165) is 32.0 Å². The minimum atomic E-state index is -1.17. The third-order valence-corrected chi connectivity index (χ3v) is 3.14. The van der Waals surface area contributed by atoms with Gasteiger partial charge in [0.15, 0.2) is 0 Å². The number of carbonyl (C=O) groups is 1. The van der Waals surface area contributed by atoms with Crippen molar-refractivity contribution in [2.75, 3.05) is 18.4 Å². The Bertz CT molecular complexity index is 498. The van der Waals surface area contributed by atoms with Gasteiger partial charge < -0.3 is 15.7 Å². The quantitative estimate of drug-likeness (QED) is 0.562. The number of nitrogens with one attached hydrogen (secondary N) is 2. The summed E-state index contributed by atoms with van der Waals surface area (Å²) in [5.74, 6) is -1.17. The molecule has 7 heteroatoms. The van der Waals surface area contributed by atoms with Gasteiger partial charge in [0.05, 0.1) is 10.5 Å². The van der Waals surface area contributed by atoms with Gasteiger partial charge in [0.25, 0.3) is 5.69 Å². The van der Waals surface area contributed by atoms with E-state index in [2.05, 4.69) is 10.6 Å². The summed E-state index contributed by atoms with van der Waals surface area (Å²) in [6.45, 7) is 1.76. The van der Waals surface area contributed by atoms with Gasteiger partial charge in [-0.05, 0) is 32.0 Å². The molecule has 102 valence electrons. The van der Waals surface area contributed by atoms with Gasteiger partial charge in [-0.3, -0.25) is 10.1 Å². The van der Waals surface area contributed by atoms with Gasteiger partial charge in [-0.1, -0.05) is 0 Å². The zero-order chi connectivity index (χ0) is 13.8. The largest absolute Gasteiger partial charge is 0.478 e. The lowest BCUT2D eigenvalue weighted by atomic mass is 10.0. The highest BCUT2D eigenvalue weighted by atomic mass is 16.6. The van der Waals surface area contributed by atoms with E-state index in [1.54, 1.807) is 0 Å². The first-order valence-corrected chi connectivity index (χ1v) is 6.07. The number of carboxylic acid groups (broad SMARTS) is 1. The number of nitro groups is 1. The number of nitro benzene ring substituents is 1. The molecule has 2 rings (SSSR count). The number of aromatic carboxylic acids is 1. The third kappa shape index (κ3) is 3.19. The molecule has 7 nitrogen and oxygen atoms in total. The molecule has 0 spiro atoms. The van der Waals surface area contributed by atoms with Crippen LogP contribution in [0.5, 0.6) is 0 Å². The van der Waals surface area contributed by atoms with E-state index in [4.69, 9.17) is 5.11 Å². The standard InChI is InChI=1S/C12H15N3O4/c16-12(17)10-7-9(15(18)19)1-2-11(10)14-8-3-5-13-6-4-8/h1-2,7-8,13-14H,3-6H2,(H,16,17). The molecule has 1 aromatic rings. The number of hydrogen-bond donors (Lipinski definition) is 3. The first-order valence-electron chi connectivity index (χ1n) is 6.07. The van der Waals surface area contributed by atoms with Crippen LogP contribution in [-0.2, 0) is 0 Å². The summed E-state index contributed by atoms with van der Waals surface area (Å²) in [4.78, 5) is 21.2. The summed E-state index contributed by atoms with van der Waals surface area (Å²) >= 11 is 0. The fraction of sp³-hybridized carbons (Fsp3) is 0.417. The lowest BCUT2D eigenvalue weighted by molar-refractivity contribution is -0.384. The van der Waals surface area contributed by atoms with Crippen LogP contribution in [0.3, 0.4) is 0 Å². The SMILES string of the molecule is O=C(O)c1cc([N+](=O)[O-])ccc1NC1CCNCC1. The van der Waals surface area contributed by atoms with Crippen LogP contribution in [0.4, 0.5) is 11.4 Å². The molecule has 1 heterocycles. The highest BCUT2D eigenvalue weighted by molar-refractivity contribution is 5.95. The molecule has 0 aromatic heterocycles. The molecule has 19 heavy (non-hydrogen) atoms. The minimum absolute atomic E-state index is 0.0623. The van der Waals surface area contributed by atoms with Crippen molar-refractivity contribution in [1.82, 2.24) is 5.32 Å². The lowest BCUT2D eigenvalue weighted by Gasteiger charge is -2.25. The second kappa shape index (κ2) is 5.66. The molecule has 1 fully saturated rings. The summed E-state index contributed by atoms with van der Waals surface area (Å²) < 4.78 is 0. The molecule has 0 bridgehead atoms. The van der Waals surface area contributed by atoms with Crippen LogP contribution in [0.1, 0.15) is 23.2 Å². The third-order valence-electron chi connectivity index (χ3n) is 3.14. The van der Waals surface area contributed by atoms with Crippen LogP contribution in [0, 0.1) is 10.1 Å². The minimum Gasteiger partial charge on any atom is -0.478 e. The Balaban J connectivity index is 2.23. The topological polar surface area (TPSA) is 104 Å². The summed E-state index contributed by atoms with van der Waals surface area (Å²) in [5, 5.41) is 26.2. The van der Waals surface area contributed by atoms with Gasteiger partial charge in [-0.2, -0.15) is 0 Å². The summed E-state index contributed by atoms with van der Waals surface area (Å²) in [6, 6.07) is 4.06. The van der Waals surface area contributed by atoms with Crippen LogP contribution in [0.2, 0.25) is 0 Å². The van der Waals surface area contributed by atoms with Crippen molar-refractivity contribution >= 4 is 17.3 Å². The van der Waals surface area contributed by atoms with Gasteiger partial charge in [0, 0.05) is 23.9 Å². The fourth-order valence-electron chi connectivity index (χ4n) is 2.13. The number of carboxylic acids is 1. The number of anilines is 1. The number of piperidine rings is 1. The predicted octanol–water partition coefficient (Wildman–Crippen LogP) is 1.46. The Morgan fingerprint density at radius 3 is 2.68 bits per heavy atom. The molecule has 0 saturated carbocycles. The van der Waals surface area contributed by atoms with E-state index in [1.807, 2.05) is 0 Å². The molecule has 0 radical (unpaired) electrons. The van der Waals surface area contributed by atoms with Gasteiger partial charge in [-0.25, -0.2) is 4.79 Å². The molecule has 3 N–H and O–H groups in total. The summed E-state index contributed by atoms with van der Waals surface area (Å²) in [5.41, 5.74) is 0.158. The summed E-state index contributed by atoms with van der Waals surface area (Å²) in [6.07, 6.45) is 1.80. The molecule has 0 atom stereocenters. The molecular formula is C12H15N3O4. The number of benzene rings is 1. The monoisotopic (exact) mass is 265 g/mol. The van der Waals surface area contributed by atoms with Crippen molar-refractivity contribution in [2.24, 2.45) is 0 Å². The Hall–Kier alpha value is -2.15. The number of hydrogen-bond acceptors (Lipinski definition) is 5. The smallest absolute Gasteiger partial charge is 0.338 e. The number of non-ortho nitro benzene ring substituents is 1. The van der Waals surface area contributed by atoms with E-state index < -0.39 is 10.9 Å². The molecule has 1 aliphatic heterocycles. The Labute approximate surface area is 109 Å². The second-order valence-corrected chi connectivity index (χ2v) is 4.46. The lowest BCUT2D eigenvalue weighted by Crippen LogP contribution is -2.35. The van der Waals surface area contributed by atoms with Gasteiger partial charge in [0.2, 0.25) is 0 Å². The highest BCUT2D eigenvalue weighted by Crippen LogP contribution is 2.24. The van der Waals surface area contributed by atoms with Crippen molar-refractivity contribution in [1.29, 1.82) is 0 Å². The second-order valence-electron chi connectivity index (χ2n) is 4.46. The van der Waals surface area contributed by atoms with E-state index in [-0.39, 0.29) is 17.3 Å². The molecule has 1 saturated heterocycles. The molecular weight excluding hydrogens is 250 g/mol. The highest BCUT2D eigenvalue weighted by Gasteiger charge is 2.19. The maximum absolute atomic E-state index is 11.2. The van der Waals surface area contributed by atoms with E-state index in [9.17, 15) is 14.9 Å². The Morgan fingerprint density at radius 2 is 2.11 bits per heavy atom. The van der Waals surface area contributed by atoms with Crippen molar-refractivity contribution in [3.05, 3.63) is 33.9 Å². The van der Waals surface area contributed by atoms with E-state index >= 15 is 0 Å². The normalized spacial score (nSPS) is 16.0. The van der Waals surface area contributed by atoms with Crippen molar-refractivity contribution in [3.8, 4) is 0 Å². The molecule has 0 unspecified atom stereocenters. The van der Waals surface area contributed by atoms with E-state index in [0.29, 0.717) is 5.69 Å². The van der Waals surface area contributed by atoms with Crippen LogP contribution in [0.25, 0.3) is 0 Å². The zero-order valence-corrected chi connectivity index (χ0v) is 10.3. The van der Waals surface area contributed by atoms with Gasteiger partial charge in [0.1, 0.15) is 0 Å². The van der Waals surface area contributed by atoms with E-state index in [1.165, 1.54) is 12.1 Å². The molecule has 1 aliphatic rings. The molecule has 0 aliphatic carbocycles. The van der Waals surface area contributed by atoms with Crippen LogP contribution in [-0.4, -0.2) is 35.1 Å².